The van der Waals surface area contributed by atoms with Gasteiger partial charge in [0.05, 0.1) is 0 Å². The van der Waals surface area contributed by atoms with Gasteiger partial charge >= 0.3 is 0 Å². The molecule has 1 atom stereocenters. The molecule has 17 heavy (non-hydrogen) atoms. The Balaban J connectivity index is 1.72. The fourth-order valence-corrected chi connectivity index (χ4v) is 3.75. The van der Waals surface area contributed by atoms with Crippen LogP contribution in [0.2, 0.25) is 0 Å². The Morgan fingerprint density at radius 2 is 2.41 bits per heavy atom. The van der Waals surface area contributed by atoms with Crippen LogP contribution in [-0.4, -0.2) is 35.5 Å². The van der Waals surface area contributed by atoms with Gasteiger partial charge in [-0.15, -0.1) is 0 Å². The van der Waals surface area contributed by atoms with Crippen molar-refractivity contribution in [3.63, 3.8) is 0 Å². The number of anilines is 1. The lowest BCUT2D eigenvalue weighted by Crippen LogP contribution is -2.39. The van der Waals surface area contributed by atoms with Crippen molar-refractivity contribution in [2.24, 2.45) is 0 Å². The summed E-state index contributed by atoms with van der Waals surface area (Å²) in [5.74, 6) is 2.57. The third-order valence-electron chi connectivity index (χ3n) is 3.77. The standard InChI is InChI=1S/C14H20N2S/c1-11-10-17-7-6-16(11)9-12-2-3-13-4-5-15-14(13)8-12/h2-3,8,11,15H,4-7,9-10H2,1H3. The summed E-state index contributed by atoms with van der Waals surface area (Å²) < 4.78 is 0. The molecular formula is C14H20N2S. The number of nitrogens with zero attached hydrogens (tertiary/aromatic N) is 1. The summed E-state index contributed by atoms with van der Waals surface area (Å²) >= 11 is 2.08. The van der Waals surface area contributed by atoms with Gasteiger partial charge in [0.25, 0.3) is 0 Å². The molecule has 2 heterocycles. The summed E-state index contributed by atoms with van der Waals surface area (Å²) in [7, 11) is 0. The molecule has 3 rings (SSSR count). The van der Waals surface area contributed by atoms with E-state index in [4.69, 9.17) is 0 Å². The van der Waals surface area contributed by atoms with E-state index in [-0.39, 0.29) is 0 Å². The molecule has 0 spiro atoms. The quantitative estimate of drug-likeness (QED) is 0.866. The molecule has 2 nitrogen and oxygen atoms in total. The third-order valence-corrected chi connectivity index (χ3v) is 4.96. The number of fused-ring (bicyclic) bond motifs is 1. The highest BCUT2D eigenvalue weighted by Crippen LogP contribution is 2.25. The highest BCUT2D eigenvalue weighted by atomic mass is 32.2. The fourth-order valence-electron chi connectivity index (χ4n) is 2.67. The van der Waals surface area contributed by atoms with Gasteiger partial charge in [-0.25, -0.2) is 0 Å². The van der Waals surface area contributed by atoms with Gasteiger partial charge in [-0.1, -0.05) is 12.1 Å². The predicted octanol–water partition coefficient (Wildman–Crippen LogP) is 2.59. The molecule has 1 unspecified atom stereocenters. The second-order valence-electron chi connectivity index (χ2n) is 5.06. The van der Waals surface area contributed by atoms with Crippen molar-refractivity contribution in [1.82, 2.24) is 4.90 Å². The van der Waals surface area contributed by atoms with Gasteiger partial charge in [-0.3, -0.25) is 4.90 Å². The highest BCUT2D eigenvalue weighted by Gasteiger charge is 2.19. The molecule has 0 amide bonds. The molecule has 0 radical (unpaired) electrons. The molecule has 2 aliphatic rings. The predicted molar refractivity (Wildman–Crippen MR) is 75.8 cm³/mol. The number of thioether (sulfide) groups is 1. The number of hydrogen-bond acceptors (Lipinski definition) is 3. The first-order valence-electron chi connectivity index (χ1n) is 6.50. The summed E-state index contributed by atoms with van der Waals surface area (Å²) in [5, 5.41) is 3.47. The van der Waals surface area contributed by atoms with Crippen molar-refractivity contribution in [3.05, 3.63) is 29.3 Å². The molecule has 92 valence electrons. The fraction of sp³-hybridized carbons (Fsp3) is 0.571. The average molecular weight is 248 g/mol. The van der Waals surface area contributed by atoms with E-state index in [1.807, 2.05) is 0 Å². The van der Waals surface area contributed by atoms with Gasteiger partial charge in [0.2, 0.25) is 0 Å². The number of hydrogen-bond donors (Lipinski definition) is 1. The highest BCUT2D eigenvalue weighted by molar-refractivity contribution is 7.99. The molecule has 3 heteroatoms. The maximum Gasteiger partial charge on any atom is 0.0376 e. The molecule has 1 aromatic carbocycles. The van der Waals surface area contributed by atoms with Gasteiger partial charge in [0.1, 0.15) is 0 Å². The monoisotopic (exact) mass is 248 g/mol. The first-order chi connectivity index (χ1) is 8.33. The van der Waals surface area contributed by atoms with Crippen molar-refractivity contribution in [3.8, 4) is 0 Å². The van der Waals surface area contributed by atoms with E-state index in [0.29, 0.717) is 0 Å². The Bertz CT molecular complexity index is 405. The van der Waals surface area contributed by atoms with Crippen LogP contribution in [0, 0.1) is 0 Å². The van der Waals surface area contributed by atoms with E-state index in [2.05, 4.69) is 47.1 Å². The molecule has 1 N–H and O–H groups in total. The average Bonchev–Trinajstić information content (AvgIpc) is 2.79. The molecule has 0 saturated carbocycles. The van der Waals surface area contributed by atoms with E-state index >= 15 is 0 Å². The summed E-state index contributed by atoms with van der Waals surface area (Å²) in [4.78, 5) is 2.60. The van der Waals surface area contributed by atoms with Crippen LogP contribution in [-0.2, 0) is 13.0 Å². The van der Waals surface area contributed by atoms with Gasteiger partial charge in [-0.2, -0.15) is 11.8 Å². The second-order valence-corrected chi connectivity index (χ2v) is 6.21. The van der Waals surface area contributed by atoms with Crippen LogP contribution in [0.5, 0.6) is 0 Å². The minimum Gasteiger partial charge on any atom is -0.384 e. The van der Waals surface area contributed by atoms with Crippen LogP contribution in [0.1, 0.15) is 18.1 Å². The van der Waals surface area contributed by atoms with E-state index in [1.54, 1.807) is 0 Å². The van der Waals surface area contributed by atoms with Crippen molar-refractivity contribution >= 4 is 17.4 Å². The van der Waals surface area contributed by atoms with E-state index in [9.17, 15) is 0 Å². The lowest BCUT2D eigenvalue weighted by molar-refractivity contribution is 0.224. The molecule has 0 bridgehead atoms. The zero-order chi connectivity index (χ0) is 11.7. The summed E-state index contributed by atoms with van der Waals surface area (Å²) in [5.41, 5.74) is 4.30. The Kier molecular flexibility index (Phi) is 3.30. The van der Waals surface area contributed by atoms with Crippen LogP contribution in [0.25, 0.3) is 0 Å². The van der Waals surface area contributed by atoms with Crippen molar-refractivity contribution < 1.29 is 0 Å². The smallest absolute Gasteiger partial charge is 0.0376 e. The Morgan fingerprint density at radius 1 is 1.47 bits per heavy atom. The summed E-state index contributed by atoms with van der Waals surface area (Å²) in [6.07, 6.45) is 1.19. The second kappa shape index (κ2) is 4.91. The van der Waals surface area contributed by atoms with E-state index < -0.39 is 0 Å². The topological polar surface area (TPSA) is 15.3 Å². The maximum atomic E-state index is 3.47. The van der Waals surface area contributed by atoms with Crippen LogP contribution < -0.4 is 5.32 Å². The lowest BCUT2D eigenvalue weighted by atomic mass is 10.1. The summed E-state index contributed by atoms with van der Waals surface area (Å²) in [6.45, 7) is 5.79. The molecule has 1 aromatic rings. The zero-order valence-corrected chi connectivity index (χ0v) is 11.2. The van der Waals surface area contributed by atoms with E-state index in [1.165, 1.54) is 41.3 Å². The maximum absolute atomic E-state index is 3.47. The summed E-state index contributed by atoms with van der Waals surface area (Å²) in [6, 6.07) is 7.67. The zero-order valence-electron chi connectivity index (χ0n) is 10.4. The molecule has 1 saturated heterocycles. The third kappa shape index (κ3) is 2.45. The lowest BCUT2D eigenvalue weighted by Gasteiger charge is -2.33. The number of benzene rings is 1. The minimum absolute atomic E-state index is 0.718. The van der Waals surface area contributed by atoms with Crippen molar-refractivity contribution in [1.29, 1.82) is 0 Å². The van der Waals surface area contributed by atoms with Crippen LogP contribution in [0.4, 0.5) is 5.69 Å². The van der Waals surface area contributed by atoms with E-state index in [0.717, 1.165) is 19.1 Å². The van der Waals surface area contributed by atoms with Gasteiger partial charge in [0.15, 0.2) is 0 Å². The molecule has 0 aliphatic carbocycles. The van der Waals surface area contributed by atoms with Gasteiger partial charge < -0.3 is 5.32 Å². The molecular weight excluding hydrogens is 228 g/mol. The molecule has 0 aromatic heterocycles. The van der Waals surface area contributed by atoms with Crippen molar-refractivity contribution in [2.45, 2.75) is 25.9 Å². The number of nitrogens with one attached hydrogen (secondary N) is 1. The molecule has 2 aliphatic heterocycles. The largest absolute Gasteiger partial charge is 0.384 e. The Hall–Kier alpha value is -0.670. The molecule has 1 fully saturated rings. The first kappa shape index (κ1) is 11.4. The minimum atomic E-state index is 0.718. The van der Waals surface area contributed by atoms with Crippen molar-refractivity contribution in [2.75, 3.05) is 29.9 Å². The Morgan fingerprint density at radius 3 is 3.29 bits per heavy atom. The Labute approximate surface area is 108 Å². The van der Waals surface area contributed by atoms with Gasteiger partial charge in [0, 0.05) is 42.9 Å². The first-order valence-corrected chi connectivity index (χ1v) is 7.66. The number of rotatable bonds is 2. The SMILES string of the molecule is CC1CSCCN1Cc1ccc2c(c1)NCC2. The van der Waals surface area contributed by atoms with Gasteiger partial charge in [-0.05, 0) is 30.5 Å². The van der Waals surface area contributed by atoms with Crippen LogP contribution in [0.15, 0.2) is 18.2 Å². The normalized spacial score (nSPS) is 24.4. The van der Waals surface area contributed by atoms with Crippen LogP contribution in [0.3, 0.4) is 0 Å². The van der Waals surface area contributed by atoms with Crippen LogP contribution >= 0.6 is 11.8 Å².